The van der Waals surface area contributed by atoms with Crippen LogP contribution in [0.3, 0.4) is 0 Å². The lowest BCUT2D eigenvalue weighted by Gasteiger charge is -2.10. The zero-order chi connectivity index (χ0) is 14.3. The van der Waals surface area contributed by atoms with Gasteiger partial charge in [-0.15, -0.1) is 0 Å². The maximum Gasteiger partial charge on any atom is 0.194 e. The van der Waals surface area contributed by atoms with E-state index in [0.717, 1.165) is 10.8 Å². The summed E-state index contributed by atoms with van der Waals surface area (Å²) < 4.78 is 16.5. The van der Waals surface area contributed by atoms with Gasteiger partial charge in [0.2, 0.25) is 0 Å². The minimum atomic E-state index is -0.146. The summed E-state index contributed by atoms with van der Waals surface area (Å²) in [5.74, 6) is 1.33. The van der Waals surface area contributed by atoms with Gasteiger partial charge in [-0.05, 0) is 12.1 Å². The average Bonchev–Trinajstić information content (AvgIpc) is 2.89. The molecule has 5 heteroatoms. The van der Waals surface area contributed by atoms with Crippen LogP contribution in [-0.2, 0) is 0 Å². The van der Waals surface area contributed by atoms with E-state index in [9.17, 15) is 4.79 Å². The molecule has 0 amide bonds. The van der Waals surface area contributed by atoms with Gasteiger partial charge in [-0.1, -0.05) is 0 Å². The van der Waals surface area contributed by atoms with Crippen LogP contribution in [0.2, 0.25) is 0 Å². The summed E-state index contributed by atoms with van der Waals surface area (Å²) in [5.41, 5.74) is 0.508. The van der Waals surface area contributed by atoms with Gasteiger partial charge in [0.1, 0.15) is 5.75 Å². The largest absolute Gasteiger partial charge is 0.495 e. The zero-order valence-corrected chi connectivity index (χ0v) is 11.4. The second-order valence-corrected chi connectivity index (χ2v) is 4.40. The Balaban J connectivity index is 2.54. The van der Waals surface area contributed by atoms with E-state index in [-0.39, 0.29) is 11.5 Å². The lowest BCUT2D eigenvalue weighted by molar-refractivity contribution is 0.0989. The normalized spacial score (nSPS) is 10.9. The number of ketones is 1. The van der Waals surface area contributed by atoms with E-state index in [1.54, 1.807) is 32.7 Å². The third kappa shape index (κ3) is 1.63. The summed E-state index contributed by atoms with van der Waals surface area (Å²) in [7, 11) is 3.14. The Labute approximate surface area is 115 Å². The molecule has 1 aromatic carbocycles. The summed E-state index contributed by atoms with van der Waals surface area (Å²) in [6.45, 7) is 1.46. The summed E-state index contributed by atoms with van der Waals surface area (Å²) in [6.07, 6.45) is 3.38. The summed E-state index contributed by atoms with van der Waals surface area (Å²) in [4.78, 5) is 15.6. The van der Waals surface area contributed by atoms with Crippen molar-refractivity contribution in [3.8, 4) is 11.5 Å². The number of rotatable bonds is 3. The molecular weight excluding hydrogens is 258 g/mol. The number of fused-ring (bicyclic) bond motifs is 2. The van der Waals surface area contributed by atoms with Crippen LogP contribution in [0.15, 0.2) is 28.9 Å². The standard InChI is InChI=1S/C15H13NO4/c1-8(17)12-6-10-13(18-2)11-7-16-5-4-9(11)14(19-3)15(10)20-12/h4-7H,1-3H3. The fourth-order valence-electron chi connectivity index (χ4n) is 2.37. The molecule has 0 radical (unpaired) electrons. The van der Waals surface area contributed by atoms with Gasteiger partial charge >= 0.3 is 0 Å². The molecule has 0 saturated carbocycles. The summed E-state index contributed by atoms with van der Waals surface area (Å²) in [6, 6.07) is 3.50. The SMILES string of the molecule is COc1c2cnccc2c(OC)c2oc(C(C)=O)cc12. The number of Topliss-reactive ketones (excluding diaryl/α,β-unsaturated/α-hetero) is 1. The molecule has 2 aromatic heterocycles. The maximum atomic E-state index is 11.5. The zero-order valence-electron chi connectivity index (χ0n) is 11.4. The number of benzene rings is 1. The van der Waals surface area contributed by atoms with Crippen LogP contribution < -0.4 is 9.47 Å². The van der Waals surface area contributed by atoms with Gasteiger partial charge in [-0.25, -0.2) is 0 Å². The Morgan fingerprint density at radius 1 is 1.15 bits per heavy atom. The minimum Gasteiger partial charge on any atom is -0.495 e. The first-order chi connectivity index (χ1) is 9.67. The molecule has 2 heterocycles. The smallest absolute Gasteiger partial charge is 0.194 e. The Hall–Kier alpha value is -2.56. The van der Waals surface area contributed by atoms with Crippen LogP contribution in [0, 0.1) is 0 Å². The first kappa shape index (κ1) is 12.5. The van der Waals surface area contributed by atoms with Crippen LogP contribution >= 0.6 is 0 Å². The number of nitrogens with zero attached hydrogens (tertiary/aromatic N) is 1. The van der Waals surface area contributed by atoms with Gasteiger partial charge in [0.05, 0.1) is 19.6 Å². The van der Waals surface area contributed by atoms with E-state index in [1.165, 1.54) is 6.92 Å². The highest BCUT2D eigenvalue weighted by molar-refractivity contribution is 6.10. The Morgan fingerprint density at radius 3 is 2.55 bits per heavy atom. The maximum absolute atomic E-state index is 11.5. The lowest BCUT2D eigenvalue weighted by atomic mass is 10.1. The van der Waals surface area contributed by atoms with E-state index in [0.29, 0.717) is 22.5 Å². The topological polar surface area (TPSA) is 61.6 Å². The second-order valence-electron chi connectivity index (χ2n) is 4.40. The molecule has 0 aliphatic carbocycles. The van der Waals surface area contributed by atoms with Crippen molar-refractivity contribution in [2.45, 2.75) is 6.92 Å². The predicted octanol–water partition coefficient (Wildman–Crippen LogP) is 3.20. The average molecular weight is 271 g/mol. The molecular formula is C15H13NO4. The highest BCUT2D eigenvalue weighted by atomic mass is 16.5. The van der Waals surface area contributed by atoms with Gasteiger partial charge in [-0.3, -0.25) is 9.78 Å². The van der Waals surface area contributed by atoms with E-state index in [1.807, 2.05) is 6.07 Å². The minimum absolute atomic E-state index is 0.146. The molecule has 0 atom stereocenters. The second kappa shape index (κ2) is 4.52. The van der Waals surface area contributed by atoms with Crippen molar-refractivity contribution in [1.82, 2.24) is 4.98 Å². The Kier molecular flexibility index (Phi) is 2.82. The van der Waals surface area contributed by atoms with Crippen molar-refractivity contribution in [2.75, 3.05) is 14.2 Å². The number of methoxy groups -OCH3 is 2. The number of ether oxygens (including phenoxy) is 2. The summed E-state index contributed by atoms with van der Waals surface area (Å²) >= 11 is 0. The predicted molar refractivity (Wildman–Crippen MR) is 74.6 cm³/mol. The number of aromatic nitrogens is 1. The highest BCUT2D eigenvalue weighted by Crippen LogP contribution is 2.43. The van der Waals surface area contributed by atoms with Crippen LogP contribution in [0.25, 0.3) is 21.7 Å². The summed E-state index contributed by atoms with van der Waals surface area (Å²) in [5, 5.41) is 2.35. The van der Waals surface area contributed by atoms with Gasteiger partial charge in [0.25, 0.3) is 0 Å². The molecule has 0 bridgehead atoms. The van der Waals surface area contributed by atoms with Crippen molar-refractivity contribution in [1.29, 1.82) is 0 Å². The molecule has 0 spiro atoms. The van der Waals surface area contributed by atoms with Crippen LogP contribution in [0.5, 0.6) is 11.5 Å². The fourth-order valence-corrected chi connectivity index (χ4v) is 2.37. The quantitative estimate of drug-likeness (QED) is 0.684. The number of carbonyl (C=O) groups excluding carboxylic acids is 1. The molecule has 0 fully saturated rings. The van der Waals surface area contributed by atoms with Crippen molar-refractivity contribution < 1.29 is 18.7 Å². The van der Waals surface area contributed by atoms with Crippen LogP contribution in [0.1, 0.15) is 17.5 Å². The van der Waals surface area contributed by atoms with E-state index in [2.05, 4.69) is 4.98 Å². The van der Waals surface area contributed by atoms with Crippen molar-refractivity contribution in [3.63, 3.8) is 0 Å². The van der Waals surface area contributed by atoms with Crippen LogP contribution in [0.4, 0.5) is 0 Å². The fraction of sp³-hybridized carbons (Fsp3) is 0.200. The molecule has 20 heavy (non-hydrogen) atoms. The number of hydrogen-bond donors (Lipinski definition) is 0. The number of hydrogen-bond acceptors (Lipinski definition) is 5. The van der Waals surface area contributed by atoms with E-state index >= 15 is 0 Å². The number of carbonyl (C=O) groups is 1. The molecule has 0 aliphatic rings. The molecule has 3 aromatic rings. The number of furan rings is 1. The van der Waals surface area contributed by atoms with Crippen molar-refractivity contribution >= 4 is 27.5 Å². The molecule has 0 aliphatic heterocycles. The third-order valence-electron chi connectivity index (χ3n) is 3.25. The van der Waals surface area contributed by atoms with Crippen molar-refractivity contribution in [2.24, 2.45) is 0 Å². The van der Waals surface area contributed by atoms with Gasteiger partial charge < -0.3 is 13.9 Å². The lowest BCUT2D eigenvalue weighted by Crippen LogP contribution is -1.91. The first-order valence-corrected chi connectivity index (χ1v) is 6.09. The Morgan fingerprint density at radius 2 is 1.90 bits per heavy atom. The van der Waals surface area contributed by atoms with Gasteiger partial charge in [0.15, 0.2) is 22.9 Å². The molecule has 102 valence electrons. The number of pyridine rings is 1. The molecule has 0 N–H and O–H groups in total. The van der Waals surface area contributed by atoms with Crippen molar-refractivity contribution in [3.05, 3.63) is 30.3 Å². The van der Waals surface area contributed by atoms with Gasteiger partial charge in [-0.2, -0.15) is 0 Å². The Bertz CT molecular complexity index is 759. The monoisotopic (exact) mass is 271 g/mol. The molecule has 5 nitrogen and oxygen atoms in total. The third-order valence-corrected chi connectivity index (χ3v) is 3.25. The van der Waals surface area contributed by atoms with Crippen LogP contribution in [-0.4, -0.2) is 25.0 Å². The first-order valence-electron chi connectivity index (χ1n) is 6.09. The molecule has 0 unspecified atom stereocenters. The van der Waals surface area contributed by atoms with E-state index < -0.39 is 0 Å². The molecule has 0 saturated heterocycles. The molecule has 3 rings (SSSR count). The van der Waals surface area contributed by atoms with E-state index in [4.69, 9.17) is 13.9 Å². The van der Waals surface area contributed by atoms with Gasteiger partial charge in [0, 0.05) is 30.1 Å². The highest BCUT2D eigenvalue weighted by Gasteiger charge is 2.20.